The van der Waals surface area contributed by atoms with Gasteiger partial charge in [0.2, 0.25) is 0 Å². The van der Waals surface area contributed by atoms with Crippen LogP contribution in [0.4, 0.5) is 18.9 Å². The second kappa shape index (κ2) is 6.53. The van der Waals surface area contributed by atoms with E-state index >= 15 is 0 Å². The Morgan fingerprint density at radius 1 is 1.41 bits per heavy atom. The number of halogens is 4. The molecule has 22 heavy (non-hydrogen) atoms. The Kier molecular flexibility index (Phi) is 4.92. The lowest BCUT2D eigenvalue weighted by Crippen LogP contribution is -3.16. The SMILES string of the molecule is O=C1C[NH+](CC(=O)Nc2cc(C(F)(F)F)ccc2Cl)CCN1. The van der Waals surface area contributed by atoms with Crippen molar-refractivity contribution >= 4 is 29.1 Å². The highest BCUT2D eigenvalue weighted by Crippen LogP contribution is 2.33. The predicted molar refractivity (Wildman–Crippen MR) is 73.7 cm³/mol. The van der Waals surface area contributed by atoms with Crippen molar-refractivity contribution in [2.75, 3.05) is 31.5 Å². The molecule has 1 unspecified atom stereocenters. The van der Waals surface area contributed by atoms with Crippen LogP contribution in [0.25, 0.3) is 0 Å². The number of rotatable bonds is 3. The van der Waals surface area contributed by atoms with Crippen molar-refractivity contribution in [1.29, 1.82) is 0 Å². The van der Waals surface area contributed by atoms with Gasteiger partial charge in [0, 0.05) is 0 Å². The van der Waals surface area contributed by atoms with E-state index in [0.29, 0.717) is 13.1 Å². The standard InChI is InChI=1S/C13H13ClF3N3O2/c14-9-2-1-8(13(15,16)17)5-10(9)19-12(22)7-20-4-3-18-11(21)6-20/h1-2,5H,3-4,6-7H2,(H,18,21)(H,19,22)/p+1. The van der Waals surface area contributed by atoms with E-state index in [0.717, 1.165) is 23.1 Å². The predicted octanol–water partition coefficient (Wildman–Crippen LogP) is 0.312. The van der Waals surface area contributed by atoms with Gasteiger partial charge in [-0.2, -0.15) is 13.2 Å². The molecule has 1 saturated heterocycles. The average Bonchev–Trinajstić information content (AvgIpc) is 2.40. The Hall–Kier alpha value is -1.80. The summed E-state index contributed by atoms with van der Waals surface area (Å²) in [6.07, 6.45) is -4.51. The smallest absolute Gasteiger partial charge is 0.346 e. The number of anilines is 1. The van der Waals surface area contributed by atoms with Crippen LogP contribution in [0, 0.1) is 0 Å². The van der Waals surface area contributed by atoms with Gasteiger partial charge in [-0.3, -0.25) is 9.59 Å². The van der Waals surface area contributed by atoms with Gasteiger partial charge in [-0.15, -0.1) is 0 Å². The molecule has 1 aromatic carbocycles. The zero-order valence-corrected chi connectivity index (χ0v) is 12.1. The molecule has 5 nitrogen and oxygen atoms in total. The van der Waals surface area contributed by atoms with Crippen molar-refractivity contribution in [3.63, 3.8) is 0 Å². The molecule has 1 fully saturated rings. The minimum absolute atomic E-state index is 0.0139. The molecule has 2 rings (SSSR count). The molecule has 9 heteroatoms. The molecule has 1 aromatic rings. The molecule has 2 amide bonds. The second-order valence-corrected chi connectivity index (χ2v) is 5.35. The van der Waals surface area contributed by atoms with Crippen LogP contribution in [0.5, 0.6) is 0 Å². The molecule has 0 bridgehead atoms. The normalized spacial score (nSPS) is 18.7. The van der Waals surface area contributed by atoms with E-state index in [1.807, 2.05) is 0 Å². The third-order valence-corrected chi connectivity index (χ3v) is 3.52. The topological polar surface area (TPSA) is 62.6 Å². The van der Waals surface area contributed by atoms with Gasteiger partial charge in [0.15, 0.2) is 13.1 Å². The van der Waals surface area contributed by atoms with Crippen molar-refractivity contribution in [1.82, 2.24) is 5.32 Å². The summed E-state index contributed by atoms with van der Waals surface area (Å²) in [6.45, 7) is 1.19. The number of quaternary nitrogens is 1. The molecular formula is C13H14ClF3N3O2+. The first-order valence-corrected chi connectivity index (χ1v) is 6.90. The molecule has 0 radical (unpaired) electrons. The molecule has 1 aliphatic rings. The maximum absolute atomic E-state index is 12.6. The Balaban J connectivity index is 2.03. The van der Waals surface area contributed by atoms with Gasteiger partial charge in [0.1, 0.15) is 0 Å². The molecular weight excluding hydrogens is 323 g/mol. The minimum atomic E-state index is -4.51. The van der Waals surface area contributed by atoms with Crippen LogP contribution in [-0.4, -0.2) is 38.0 Å². The third kappa shape index (κ3) is 4.35. The zero-order chi connectivity index (χ0) is 16.3. The number of amides is 2. The number of alkyl halides is 3. The fourth-order valence-electron chi connectivity index (χ4n) is 2.13. The van der Waals surface area contributed by atoms with Crippen LogP contribution in [0.15, 0.2) is 18.2 Å². The minimum Gasteiger partial charge on any atom is -0.346 e. The summed E-state index contributed by atoms with van der Waals surface area (Å²) in [5, 5.41) is 5.01. The summed E-state index contributed by atoms with van der Waals surface area (Å²) in [4.78, 5) is 23.8. The molecule has 0 spiro atoms. The zero-order valence-electron chi connectivity index (χ0n) is 11.4. The van der Waals surface area contributed by atoms with E-state index < -0.39 is 17.6 Å². The summed E-state index contributed by atoms with van der Waals surface area (Å²) in [5.74, 6) is -0.655. The van der Waals surface area contributed by atoms with Crippen LogP contribution in [0.2, 0.25) is 5.02 Å². The largest absolute Gasteiger partial charge is 0.416 e. The number of carbonyl (C=O) groups excluding carboxylic acids is 2. The van der Waals surface area contributed by atoms with Gasteiger partial charge in [-0.25, -0.2) is 0 Å². The Morgan fingerprint density at radius 2 is 2.14 bits per heavy atom. The van der Waals surface area contributed by atoms with Crippen LogP contribution in [-0.2, 0) is 15.8 Å². The molecule has 0 aromatic heterocycles. The fourth-order valence-corrected chi connectivity index (χ4v) is 2.29. The number of hydrogen-bond acceptors (Lipinski definition) is 2. The number of carbonyl (C=O) groups is 2. The van der Waals surface area contributed by atoms with E-state index in [1.165, 1.54) is 0 Å². The quantitative estimate of drug-likeness (QED) is 0.744. The summed E-state index contributed by atoms with van der Waals surface area (Å²) in [6, 6.07) is 2.72. The summed E-state index contributed by atoms with van der Waals surface area (Å²) >= 11 is 5.80. The van der Waals surface area contributed by atoms with Gasteiger partial charge < -0.3 is 15.5 Å². The molecule has 1 heterocycles. The number of benzene rings is 1. The third-order valence-electron chi connectivity index (χ3n) is 3.19. The molecule has 120 valence electrons. The van der Waals surface area contributed by atoms with Gasteiger partial charge in [0.25, 0.3) is 11.8 Å². The van der Waals surface area contributed by atoms with Gasteiger partial charge in [-0.1, -0.05) is 11.6 Å². The average molecular weight is 337 g/mol. The molecule has 1 atom stereocenters. The lowest BCUT2D eigenvalue weighted by molar-refractivity contribution is -0.885. The van der Waals surface area contributed by atoms with Gasteiger partial charge in [0.05, 0.1) is 29.4 Å². The van der Waals surface area contributed by atoms with Crippen molar-refractivity contribution in [2.24, 2.45) is 0 Å². The number of nitrogens with one attached hydrogen (secondary N) is 3. The Bertz CT molecular complexity index is 592. The summed E-state index contributed by atoms with van der Waals surface area (Å²) in [7, 11) is 0. The van der Waals surface area contributed by atoms with Crippen molar-refractivity contribution in [3.05, 3.63) is 28.8 Å². The highest BCUT2D eigenvalue weighted by Gasteiger charge is 2.31. The lowest BCUT2D eigenvalue weighted by atomic mass is 10.2. The van der Waals surface area contributed by atoms with Crippen LogP contribution < -0.4 is 15.5 Å². The number of piperazine rings is 1. The van der Waals surface area contributed by atoms with Gasteiger partial charge in [-0.05, 0) is 18.2 Å². The first-order valence-electron chi connectivity index (χ1n) is 6.52. The monoisotopic (exact) mass is 336 g/mol. The van der Waals surface area contributed by atoms with Crippen molar-refractivity contribution in [3.8, 4) is 0 Å². The summed E-state index contributed by atoms with van der Waals surface area (Å²) in [5.41, 5.74) is -0.987. The first-order chi connectivity index (χ1) is 10.3. The highest BCUT2D eigenvalue weighted by molar-refractivity contribution is 6.33. The molecule has 1 aliphatic heterocycles. The lowest BCUT2D eigenvalue weighted by Gasteiger charge is -2.23. The Morgan fingerprint density at radius 3 is 2.77 bits per heavy atom. The highest BCUT2D eigenvalue weighted by atomic mass is 35.5. The second-order valence-electron chi connectivity index (χ2n) is 4.94. The fraction of sp³-hybridized carbons (Fsp3) is 0.385. The van der Waals surface area contributed by atoms with E-state index in [-0.39, 0.29) is 29.7 Å². The Labute approximate surface area is 129 Å². The van der Waals surface area contributed by atoms with Crippen LogP contribution >= 0.6 is 11.6 Å². The van der Waals surface area contributed by atoms with Gasteiger partial charge >= 0.3 is 6.18 Å². The summed E-state index contributed by atoms with van der Waals surface area (Å²) < 4.78 is 37.9. The molecule has 0 saturated carbocycles. The van der Waals surface area contributed by atoms with E-state index in [9.17, 15) is 22.8 Å². The van der Waals surface area contributed by atoms with Crippen molar-refractivity contribution in [2.45, 2.75) is 6.18 Å². The maximum Gasteiger partial charge on any atom is 0.416 e. The van der Waals surface area contributed by atoms with Crippen molar-refractivity contribution < 1.29 is 27.7 Å². The van der Waals surface area contributed by atoms with Crippen LogP contribution in [0.3, 0.4) is 0 Å². The van der Waals surface area contributed by atoms with E-state index in [1.54, 1.807) is 0 Å². The van der Waals surface area contributed by atoms with E-state index in [2.05, 4.69) is 10.6 Å². The molecule has 0 aliphatic carbocycles. The maximum atomic E-state index is 12.6. The number of hydrogen-bond donors (Lipinski definition) is 3. The van der Waals surface area contributed by atoms with E-state index in [4.69, 9.17) is 11.6 Å². The first kappa shape index (κ1) is 16.6. The van der Waals surface area contributed by atoms with Crippen LogP contribution in [0.1, 0.15) is 5.56 Å². The molecule has 3 N–H and O–H groups in total.